The fourth-order valence-electron chi connectivity index (χ4n) is 2.60. The normalized spacial score (nSPS) is 13.3. The van der Waals surface area contributed by atoms with Gasteiger partial charge in [-0.1, -0.05) is 60.7 Å². The highest BCUT2D eigenvalue weighted by Gasteiger charge is 2.40. The number of hydrogen-bond acceptors (Lipinski definition) is 3. The lowest BCUT2D eigenvalue weighted by atomic mass is 9.79. The van der Waals surface area contributed by atoms with E-state index >= 15 is 0 Å². The Kier molecular flexibility index (Phi) is 5.51. The molecule has 2 aromatic rings. The smallest absolute Gasteiger partial charge is 0.328 e. The van der Waals surface area contributed by atoms with Crippen LogP contribution in [0.25, 0.3) is 0 Å². The Morgan fingerprint density at radius 2 is 1.70 bits per heavy atom. The van der Waals surface area contributed by atoms with Crippen LogP contribution >= 0.6 is 0 Å². The lowest BCUT2D eigenvalue weighted by molar-refractivity contribution is -0.142. The van der Waals surface area contributed by atoms with Gasteiger partial charge in [-0.15, -0.1) is 0 Å². The fraction of sp³-hybridized carbons (Fsp3) is 0.263. The molecule has 0 aliphatic carbocycles. The molecule has 0 saturated carbocycles. The van der Waals surface area contributed by atoms with Gasteiger partial charge in [-0.05, 0) is 24.6 Å². The van der Waals surface area contributed by atoms with Crippen LogP contribution in [0.2, 0.25) is 0 Å². The van der Waals surface area contributed by atoms with Crippen LogP contribution < -0.4 is 0 Å². The number of aliphatic carboxylic acids is 1. The number of nitriles is 1. The van der Waals surface area contributed by atoms with E-state index in [9.17, 15) is 15.2 Å². The Labute approximate surface area is 136 Å². The predicted octanol–water partition coefficient (Wildman–Crippen LogP) is 3.05. The summed E-state index contributed by atoms with van der Waals surface area (Å²) in [7, 11) is 1.93. The van der Waals surface area contributed by atoms with Gasteiger partial charge in [0.1, 0.15) is 0 Å². The van der Waals surface area contributed by atoms with E-state index in [-0.39, 0.29) is 6.42 Å². The first-order valence-electron chi connectivity index (χ1n) is 7.51. The molecule has 0 saturated heterocycles. The fourth-order valence-corrected chi connectivity index (χ4v) is 2.60. The first-order chi connectivity index (χ1) is 11.1. The topological polar surface area (TPSA) is 64.3 Å². The Balaban J connectivity index is 2.11. The molecule has 0 aliphatic rings. The van der Waals surface area contributed by atoms with Crippen molar-refractivity contribution in [2.45, 2.75) is 18.4 Å². The van der Waals surface area contributed by atoms with E-state index in [4.69, 9.17) is 0 Å². The number of benzene rings is 2. The summed E-state index contributed by atoms with van der Waals surface area (Å²) in [6, 6.07) is 20.7. The minimum Gasteiger partial charge on any atom is -0.480 e. The van der Waals surface area contributed by atoms with Crippen molar-refractivity contribution in [3.05, 3.63) is 71.8 Å². The molecule has 2 aromatic carbocycles. The van der Waals surface area contributed by atoms with Gasteiger partial charge >= 0.3 is 5.97 Å². The molecular weight excluding hydrogens is 288 g/mol. The maximum absolute atomic E-state index is 11.8. The highest BCUT2D eigenvalue weighted by molar-refractivity contribution is 5.85. The van der Waals surface area contributed by atoms with Crippen LogP contribution in [0.1, 0.15) is 17.5 Å². The van der Waals surface area contributed by atoms with Crippen molar-refractivity contribution in [3.8, 4) is 6.07 Å². The highest BCUT2D eigenvalue weighted by atomic mass is 16.4. The molecule has 0 spiro atoms. The van der Waals surface area contributed by atoms with Crippen molar-refractivity contribution in [1.29, 1.82) is 5.26 Å². The summed E-state index contributed by atoms with van der Waals surface area (Å²) in [5.41, 5.74) is 0.183. The Morgan fingerprint density at radius 1 is 1.13 bits per heavy atom. The number of carbonyl (C=O) groups is 1. The summed E-state index contributed by atoms with van der Waals surface area (Å²) in [6.45, 7) is 1.24. The maximum Gasteiger partial charge on any atom is 0.328 e. The van der Waals surface area contributed by atoms with E-state index in [0.29, 0.717) is 12.1 Å². The van der Waals surface area contributed by atoms with E-state index in [1.54, 1.807) is 24.3 Å². The molecule has 0 aromatic heterocycles. The summed E-state index contributed by atoms with van der Waals surface area (Å²) in [5, 5.41) is 19.2. The molecule has 0 heterocycles. The van der Waals surface area contributed by atoms with Crippen LogP contribution in [0, 0.1) is 11.3 Å². The maximum atomic E-state index is 11.8. The molecule has 1 unspecified atom stereocenters. The van der Waals surface area contributed by atoms with Gasteiger partial charge in [0.2, 0.25) is 0 Å². The molecule has 23 heavy (non-hydrogen) atoms. The van der Waals surface area contributed by atoms with Crippen LogP contribution in [0.4, 0.5) is 0 Å². The lowest BCUT2D eigenvalue weighted by Gasteiger charge is -2.25. The summed E-state index contributed by atoms with van der Waals surface area (Å²) in [4.78, 5) is 13.8. The largest absolute Gasteiger partial charge is 0.480 e. The molecule has 2 rings (SSSR count). The third-order valence-corrected chi connectivity index (χ3v) is 3.99. The molecular formula is C19H20N2O2. The second kappa shape index (κ2) is 7.57. The third-order valence-electron chi connectivity index (χ3n) is 3.99. The van der Waals surface area contributed by atoms with Crippen LogP contribution in [-0.2, 0) is 16.8 Å². The van der Waals surface area contributed by atoms with Crippen LogP contribution in [0.5, 0.6) is 0 Å². The summed E-state index contributed by atoms with van der Waals surface area (Å²) in [5.74, 6) is -1.10. The van der Waals surface area contributed by atoms with Crippen LogP contribution in [0.15, 0.2) is 60.7 Å². The van der Waals surface area contributed by atoms with Gasteiger partial charge in [0.15, 0.2) is 5.41 Å². The standard InChI is InChI=1S/C19H20N2O2/c1-21(14-16-8-4-2-5-9-16)13-12-19(15-20,18(22)23)17-10-6-3-7-11-17/h2-11H,12-14H2,1H3,(H,22,23). The Bertz CT molecular complexity index is 680. The van der Waals surface area contributed by atoms with Gasteiger partial charge in [-0.2, -0.15) is 5.26 Å². The second-order valence-electron chi connectivity index (χ2n) is 5.66. The van der Waals surface area contributed by atoms with Crippen molar-refractivity contribution in [2.24, 2.45) is 0 Å². The molecule has 118 valence electrons. The first kappa shape index (κ1) is 16.7. The quantitative estimate of drug-likeness (QED) is 0.854. The lowest BCUT2D eigenvalue weighted by Crippen LogP contribution is -2.37. The monoisotopic (exact) mass is 308 g/mol. The minimum atomic E-state index is -1.51. The molecule has 0 amide bonds. The third kappa shape index (κ3) is 3.97. The van der Waals surface area contributed by atoms with E-state index in [2.05, 4.69) is 0 Å². The number of hydrogen-bond donors (Lipinski definition) is 1. The van der Waals surface area contributed by atoms with E-state index in [1.807, 2.05) is 54.4 Å². The van der Waals surface area contributed by atoms with Crippen molar-refractivity contribution in [3.63, 3.8) is 0 Å². The summed E-state index contributed by atoms with van der Waals surface area (Å²) >= 11 is 0. The molecule has 4 nitrogen and oxygen atoms in total. The number of carboxylic acids is 1. The van der Waals surface area contributed by atoms with Crippen molar-refractivity contribution >= 4 is 5.97 Å². The summed E-state index contributed by atoms with van der Waals surface area (Å²) in [6.07, 6.45) is 0.242. The van der Waals surface area contributed by atoms with Gasteiger partial charge in [0, 0.05) is 13.1 Å². The predicted molar refractivity (Wildman–Crippen MR) is 88.8 cm³/mol. The zero-order chi connectivity index (χ0) is 16.7. The molecule has 0 aliphatic heterocycles. The van der Waals surface area contributed by atoms with Gasteiger partial charge in [0.25, 0.3) is 0 Å². The van der Waals surface area contributed by atoms with Gasteiger partial charge in [-0.25, -0.2) is 0 Å². The van der Waals surface area contributed by atoms with Crippen LogP contribution in [-0.4, -0.2) is 29.6 Å². The molecule has 0 fully saturated rings. The van der Waals surface area contributed by atoms with Crippen molar-refractivity contribution < 1.29 is 9.90 Å². The highest BCUT2D eigenvalue weighted by Crippen LogP contribution is 2.28. The Morgan fingerprint density at radius 3 is 2.22 bits per heavy atom. The minimum absolute atomic E-state index is 0.242. The average Bonchev–Trinajstić information content (AvgIpc) is 2.57. The second-order valence-corrected chi connectivity index (χ2v) is 5.66. The SMILES string of the molecule is CN(CCC(C#N)(C(=O)O)c1ccccc1)Cc1ccccc1. The van der Waals surface area contributed by atoms with E-state index in [1.165, 1.54) is 0 Å². The molecule has 0 bridgehead atoms. The van der Waals surface area contributed by atoms with E-state index in [0.717, 1.165) is 12.1 Å². The first-order valence-corrected chi connectivity index (χ1v) is 7.51. The zero-order valence-electron chi connectivity index (χ0n) is 13.1. The summed E-state index contributed by atoms with van der Waals surface area (Å²) < 4.78 is 0. The van der Waals surface area contributed by atoms with E-state index < -0.39 is 11.4 Å². The van der Waals surface area contributed by atoms with Gasteiger partial charge in [-0.3, -0.25) is 4.79 Å². The van der Waals surface area contributed by atoms with Crippen molar-refractivity contribution in [1.82, 2.24) is 4.90 Å². The van der Waals surface area contributed by atoms with Crippen molar-refractivity contribution in [2.75, 3.05) is 13.6 Å². The average molecular weight is 308 g/mol. The number of nitrogens with zero attached hydrogens (tertiary/aromatic N) is 2. The zero-order valence-corrected chi connectivity index (χ0v) is 13.1. The molecule has 1 atom stereocenters. The molecule has 4 heteroatoms. The van der Waals surface area contributed by atoms with Gasteiger partial charge < -0.3 is 10.0 Å². The number of carboxylic acid groups (broad SMARTS) is 1. The number of rotatable bonds is 7. The molecule has 1 N–H and O–H groups in total. The van der Waals surface area contributed by atoms with Crippen LogP contribution in [0.3, 0.4) is 0 Å². The van der Waals surface area contributed by atoms with Gasteiger partial charge in [0.05, 0.1) is 6.07 Å². The Hall–Kier alpha value is -2.64. The molecule has 0 radical (unpaired) electrons.